The Morgan fingerprint density at radius 2 is 1.88 bits per heavy atom. The van der Waals surface area contributed by atoms with E-state index in [0.717, 1.165) is 16.9 Å². The summed E-state index contributed by atoms with van der Waals surface area (Å²) >= 11 is 0. The van der Waals surface area contributed by atoms with E-state index in [0.29, 0.717) is 5.69 Å². The van der Waals surface area contributed by atoms with Crippen LogP contribution in [0.25, 0.3) is 0 Å². The highest BCUT2D eigenvalue weighted by molar-refractivity contribution is 6.00. The van der Waals surface area contributed by atoms with Gasteiger partial charge in [0.1, 0.15) is 5.69 Å². The SMILES string of the molecule is Cc1ccc(NNC(C#N)C(=O)c2cc(C)nn2C(C)(C)C)cc1. The normalized spacial score (nSPS) is 12.5. The molecule has 1 aromatic carbocycles. The summed E-state index contributed by atoms with van der Waals surface area (Å²) in [6.45, 7) is 9.73. The number of ketones is 1. The Kier molecular flexibility index (Phi) is 5.05. The molecule has 0 saturated carbocycles. The molecule has 0 aliphatic heterocycles. The van der Waals surface area contributed by atoms with Crippen molar-refractivity contribution in [2.24, 2.45) is 0 Å². The summed E-state index contributed by atoms with van der Waals surface area (Å²) < 4.78 is 1.67. The number of benzene rings is 1. The van der Waals surface area contributed by atoms with E-state index in [1.807, 2.05) is 65.0 Å². The third-order valence-corrected chi connectivity index (χ3v) is 3.52. The van der Waals surface area contributed by atoms with Crippen LogP contribution < -0.4 is 10.9 Å². The van der Waals surface area contributed by atoms with Crippen molar-refractivity contribution in [3.8, 4) is 6.07 Å². The van der Waals surface area contributed by atoms with Crippen molar-refractivity contribution in [2.75, 3.05) is 5.43 Å². The summed E-state index contributed by atoms with van der Waals surface area (Å²) in [5, 5.41) is 13.8. The van der Waals surface area contributed by atoms with E-state index in [9.17, 15) is 10.1 Å². The van der Waals surface area contributed by atoms with Crippen molar-refractivity contribution in [3.63, 3.8) is 0 Å². The van der Waals surface area contributed by atoms with Gasteiger partial charge in [-0.1, -0.05) is 17.7 Å². The lowest BCUT2D eigenvalue weighted by molar-refractivity contribution is 0.0951. The summed E-state index contributed by atoms with van der Waals surface area (Å²) in [4.78, 5) is 12.7. The number of nitrogens with one attached hydrogen (secondary N) is 2. The average Bonchev–Trinajstić information content (AvgIpc) is 2.91. The molecule has 6 nitrogen and oxygen atoms in total. The van der Waals surface area contributed by atoms with E-state index in [1.165, 1.54) is 0 Å². The summed E-state index contributed by atoms with van der Waals surface area (Å²) in [6.07, 6.45) is 0. The van der Waals surface area contributed by atoms with E-state index >= 15 is 0 Å². The van der Waals surface area contributed by atoms with E-state index in [2.05, 4.69) is 16.0 Å². The Hall–Kier alpha value is -2.65. The quantitative estimate of drug-likeness (QED) is 0.652. The molecule has 24 heavy (non-hydrogen) atoms. The van der Waals surface area contributed by atoms with E-state index in [-0.39, 0.29) is 11.3 Å². The van der Waals surface area contributed by atoms with Crippen LogP contribution in [0.2, 0.25) is 0 Å². The van der Waals surface area contributed by atoms with Crippen LogP contribution in [0, 0.1) is 25.2 Å². The molecule has 6 heteroatoms. The predicted octanol–water partition coefficient (Wildman–Crippen LogP) is 2.95. The first kappa shape index (κ1) is 17.7. The molecule has 1 atom stereocenters. The fourth-order valence-corrected chi connectivity index (χ4v) is 2.28. The van der Waals surface area contributed by atoms with Gasteiger partial charge in [-0.3, -0.25) is 9.48 Å². The lowest BCUT2D eigenvalue weighted by Crippen LogP contribution is -2.41. The molecular weight excluding hydrogens is 302 g/mol. The van der Waals surface area contributed by atoms with Crippen LogP contribution in [0.1, 0.15) is 42.5 Å². The third kappa shape index (κ3) is 4.00. The highest BCUT2D eigenvalue weighted by Gasteiger charge is 2.28. The second-order valence-corrected chi connectivity index (χ2v) is 6.82. The molecule has 1 heterocycles. The lowest BCUT2D eigenvalue weighted by Gasteiger charge is -2.23. The first-order chi connectivity index (χ1) is 11.2. The number of carbonyl (C=O) groups excluding carboxylic acids is 1. The van der Waals surface area contributed by atoms with E-state index in [4.69, 9.17) is 0 Å². The number of rotatable bonds is 5. The number of aryl methyl sites for hydroxylation is 2. The molecule has 0 spiro atoms. The van der Waals surface area contributed by atoms with Gasteiger partial charge >= 0.3 is 0 Å². The second kappa shape index (κ2) is 6.85. The number of nitriles is 1. The molecule has 0 aliphatic rings. The van der Waals surface area contributed by atoms with Crippen LogP contribution in [0.3, 0.4) is 0 Å². The second-order valence-electron chi connectivity index (χ2n) is 6.82. The minimum absolute atomic E-state index is 0.312. The molecule has 0 radical (unpaired) electrons. The number of carbonyl (C=O) groups is 1. The van der Waals surface area contributed by atoms with E-state index in [1.54, 1.807) is 10.7 Å². The van der Waals surface area contributed by atoms with Crippen molar-refractivity contribution >= 4 is 11.5 Å². The number of hydrogen-bond donors (Lipinski definition) is 2. The van der Waals surface area contributed by atoms with Crippen LogP contribution >= 0.6 is 0 Å². The molecule has 126 valence electrons. The fourth-order valence-electron chi connectivity index (χ4n) is 2.28. The predicted molar refractivity (Wildman–Crippen MR) is 93.6 cm³/mol. The summed E-state index contributed by atoms with van der Waals surface area (Å²) in [5.41, 5.74) is 8.45. The van der Waals surface area contributed by atoms with Crippen molar-refractivity contribution < 1.29 is 4.79 Å². The monoisotopic (exact) mass is 325 g/mol. The molecule has 0 saturated heterocycles. The Labute approximate surface area is 142 Å². The molecule has 0 aliphatic carbocycles. The van der Waals surface area contributed by atoms with Crippen molar-refractivity contribution in [1.82, 2.24) is 15.2 Å². The number of aromatic nitrogens is 2. The Balaban J connectivity index is 2.18. The number of anilines is 1. The maximum Gasteiger partial charge on any atom is 0.213 e. The van der Waals surface area contributed by atoms with Crippen molar-refractivity contribution in [2.45, 2.75) is 46.2 Å². The summed E-state index contributed by atoms with van der Waals surface area (Å²) in [6, 6.07) is 10.4. The molecule has 2 N–H and O–H groups in total. The van der Waals surface area contributed by atoms with Crippen LogP contribution in [-0.4, -0.2) is 21.6 Å². The van der Waals surface area contributed by atoms with Gasteiger partial charge in [-0.2, -0.15) is 10.4 Å². The van der Waals surface area contributed by atoms with Crippen LogP contribution in [0.5, 0.6) is 0 Å². The lowest BCUT2D eigenvalue weighted by atomic mass is 10.1. The van der Waals surface area contributed by atoms with Gasteiger partial charge in [0, 0.05) is 5.69 Å². The minimum atomic E-state index is -1.01. The number of nitrogens with zero attached hydrogens (tertiary/aromatic N) is 3. The zero-order chi connectivity index (χ0) is 17.9. The van der Waals surface area contributed by atoms with E-state index < -0.39 is 6.04 Å². The smallest absolute Gasteiger partial charge is 0.213 e. The van der Waals surface area contributed by atoms with Gasteiger partial charge < -0.3 is 5.43 Å². The zero-order valence-corrected chi connectivity index (χ0v) is 14.7. The largest absolute Gasteiger partial charge is 0.320 e. The maximum absolute atomic E-state index is 12.7. The molecule has 0 amide bonds. The Morgan fingerprint density at radius 3 is 2.42 bits per heavy atom. The molecular formula is C18H23N5O. The third-order valence-electron chi connectivity index (χ3n) is 3.52. The van der Waals surface area contributed by atoms with Gasteiger partial charge in [0.25, 0.3) is 0 Å². The first-order valence-electron chi connectivity index (χ1n) is 7.81. The van der Waals surface area contributed by atoms with Crippen LogP contribution in [0.15, 0.2) is 30.3 Å². The molecule has 0 fully saturated rings. The Bertz CT molecular complexity index is 762. The van der Waals surface area contributed by atoms with Gasteiger partial charge in [-0.15, -0.1) is 0 Å². The van der Waals surface area contributed by atoms with Gasteiger partial charge in [0.2, 0.25) is 5.78 Å². The molecule has 0 bridgehead atoms. The van der Waals surface area contributed by atoms with Crippen LogP contribution in [-0.2, 0) is 5.54 Å². The average molecular weight is 325 g/mol. The number of Topliss-reactive ketones (excluding diaryl/α,β-unsaturated/α-hetero) is 1. The standard InChI is InChI=1S/C18H23N5O/c1-12-6-8-14(9-7-12)20-21-15(11-19)17(24)16-10-13(2)22-23(16)18(3,4)5/h6-10,15,20-21H,1-5H3. The van der Waals surface area contributed by atoms with Gasteiger partial charge in [-0.25, -0.2) is 5.43 Å². The highest BCUT2D eigenvalue weighted by Crippen LogP contribution is 2.18. The molecule has 1 unspecified atom stereocenters. The Morgan fingerprint density at radius 1 is 1.25 bits per heavy atom. The van der Waals surface area contributed by atoms with Gasteiger partial charge in [-0.05, 0) is 52.8 Å². The molecule has 2 rings (SSSR count). The van der Waals surface area contributed by atoms with Gasteiger partial charge in [0.05, 0.1) is 17.3 Å². The van der Waals surface area contributed by atoms with Crippen molar-refractivity contribution in [3.05, 3.63) is 47.3 Å². The summed E-state index contributed by atoms with van der Waals surface area (Å²) in [7, 11) is 0. The number of hydrazine groups is 1. The molecule has 1 aromatic heterocycles. The summed E-state index contributed by atoms with van der Waals surface area (Å²) in [5.74, 6) is -0.312. The highest BCUT2D eigenvalue weighted by atomic mass is 16.1. The minimum Gasteiger partial charge on any atom is -0.320 e. The fraction of sp³-hybridized carbons (Fsp3) is 0.389. The first-order valence-corrected chi connectivity index (χ1v) is 7.81. The maximum atomic E-state index is 12.7. The van der Waals surface area contributed by atoms with Crippen molar-refractivity contribution in [1.29, 1.82) is 5.26 Å². The van der Waals surface area contributed by atoms with Gasteiger partial charge in [0.15, 0.2) is 6.04 Å². The molecule has 2 aromatic rings. The topological polar surface area (TPSA) is 82.7 Å². The zero-order valence-electron chi connectivity index (χ0n) is 14.7. The van der Waals surface area contributed by atoms with Crippen LogP contribution in [0.4, 0.5) is 5.69 Å². The number of hydrogen-bond acceptors (Lipinski definition) is 5.